The van der Waals surface area contributed by atoms with Crippen LogP contribution in [0.3, 0.4) is 0 Å². The van der Waals surface area contributed by atoms with Crippen molar-refractivity contribution in [3.63, 3.8) is 0 Å². The molecule has 3 rings (SSSR count). The zero-order chi connectivity index (χ0) is 20.9. The van der Waals surface area contributed by atoms with E-state index in [0.29, 0.717) is 23.6 Å². The lowest BCUT2D eigenvalue weighted by Crippen LogP contribution is -2.44. The molecule has 0 bridgehead atoms. The van der Waals surface area contributed by atoms with Crippen LogP contribution >= 0.6 is 11.8 Å². The normalized spacial score (nSPS) is 17.6. The van der Waals surface area contributed by atoms with Gasteiger partial charge in [-0.25, -0.2) is 13.4 Å². The summed E-state index contributed by atoms with van der Waals surface area (Å²) in [5.74, 6) is -0.597. The zero-order valence-electron chi connectivity index (χ0n) is 16.1. The SMILES string of the molecule is CCN(CC(=O)N[C@@H]1CCS(=O)(=O)C1)C(=O)c1cccnc1Sc1ccccc1. The third-order valence-electron chi connectivity index (χ3n) is 4.56. The smallest absolute Gasteiger partial charge is 0.257 e. The van der Waals surface area contributed by atoms with Crippen LogP contribution in [0.1, 0.15) is 23.7 Å². The second-order valence-electron chi connectivity index (χ2n) is 6.76. The number of nitrogens with zero attached hydrogens (tertiary/aromatic N) is 2. The summed E-state index contributed by atoms with van der Waals surface area (Å²) in [5.41, 5.74) is 0.430. The predicted molar refractivity (Wildman–Crippen MR) is 112 cm³/mol. The van der Waals surface area contributed by atoms with Crippen molar-refractivity contribution in [2.24, 2.45) is 0 Å². The molecule has 0 aliphatic carbocycles. The third-order valence-corrected chi connectivity index (χ3v) is 7.35. The van der Waals surface area contributed by atoms with Crippen LogP contribution in [-0.2, 0) is 14.6 Å². The molecule has 1 aliphatic rings. The van der Waals surface area contributed by atoms with Crippen molar-refractivity contribution < 1.29 is 18.0 Å². The predicted octanol–water partition coefficient (Wildman–Crippen LogP) is 2.00. The first kappa shape index (κ1) is 21.3. The van der Waals surface area contributed by atoms with Crippen LogP contribution in [0.15, 0.2) is 58.6 Å². The molecular formula is C20H23N3O4S2. The van der Waals surface area contributed by atoms with E-state index in [2.05, 4.69) is 10.3 Å². The Balaban J connectivity index is 1.68. The van der Waals surface area contributed by atoms with E-state index in [1.54, 1.807) is 25.3 Å². The topological polar surface area (TPSA) is 96.4 Å². The molecule has 1 N–H and O–H groups in total. The number of hydrogen-bond donors (Lipinski definition) is 1. The molecular weight excluding hydrogens is 410 g/mol. The standard InChI is InChI=1S/C20H23N3O4S2/c1-2-23(13-18(24)22-15-10-12-29(26,27)14-15)20(25)17-9-6-11-21-19(17)28-16-7-4-3-5-8-16/h3-9,11,15H,2,10,12-14H2,1H3,(H,22,24)/t15-/m1/s1. The second kappa shape index (κ2) is 9.41. The Morgan fingerprint density at radius 3 is 2.62 bits per heavy atom. The summed E-state index contributed by atoms with van der Waals surface area (Å²) in [6.45, 7) is 2.02. The summed E-state index contributed by atoms with van der Waals surface area (Å²) < 4.78 is 23.1. The Morgan fingerprint density at radius 2 is 1.97 bits per heavy atom. The summed E-state index contributed by atoms with van der Waals surface area (Å²) in [7, 11) is -3.08. The first-order valence-electron chi connectivity index (χ1n) is 9.35. The van der Waals surface area contributed by atoms with Gasteiger partial charge in [0.1, 0.15) is 5.03 Å². The molecule has 1 aromatic carbocycles. The van der Waals surface area contributed by atoms with Gasteiger partial charge in [-0.05, 0) is 37.6 Å². The fourth-order valence-corrected chi connectivity index (χ4v) is 5.66. The number of amides is 2. The van der Waals surface area contributed by atoms with Crippen molar-refractivity contribution in [1.29, 1.82) is 0 Å². The number of aromatic nitrogens is 1. The highest BCUT2D eigenvalue weighted by Gasteiger charge is 2.29. The van der Waals surface area contributed by atoms with Crippen LogP contribution < -0.4 is 5.32 Å². The van der Waals surface area contributed by atoms with Gasteiger partial charge < -0.3 is 10.2 Å². The second-order valence-corrected chi connectivity index (χ2v) is 10.0. The lowest BCUT2D eigenvalue weighted by molar-refractivity contribution is -0.122. The van der Waals surface area contributed by atoms with Crippen LogP contribution in [0, 0.1) is 0 Å². The molecule has 0 saturated carbocycles. The molecule has 1 aliphatic heterocycles. The number of rotatable bonds is 7. The van der Waals surface area contributed by atoms with Crippen molar-refractivity contribution in [3.8, 4) is 0 Å². The molecule has 7 nitrogen and oxygen atoms in total. The van der Waals surface area contributed by atoms with Gasteiger partial charge in [0.25, 0.3) is 5.91 Å². The van der Waals surface area contributed by atoms with Gasteiger partial charge in [-0.1, -0.05) is 30.0 Å². The highest BCUT2D eigenvalue weighted by molar-refractivity contribution is 7.99. The van der Waals surface area contributed by atoms with E-state index >= 15 is 0 Å². The maximum absolute atomic E-state index is 13.1. The van der Waals surface area contributed by atoms with Crippen molar-refractivity contribution in [2.45, 2.75) is 29.3 Å². The van der Waals surface area contributed by atoms with E-state index < -0.39 is 9.84 Å². The molecule has 29 heavy (non-hydrogen) atoms. The summed E-state index contributed by atoms with van der Waals surface area (Å²) >= 11 is 1.39. The number of hydrogen-bond acceptors (Lipinski definition) is 6. The van der Waals surface area contributed by atoms with Crippen LogP contribution in [0.2, 0.25) is 0 Å². The molecule has 1 aromatic heterocycles. The third kappa shape index (κ3) is 5.80. The number of pyridine rings is 1. The number of nitrogens with one attached hydrogen (secondary N) is 1. The van der Waals surface area contributed by atoms with Crippen molar-refractivity contribution >= 4 is 33.4 Å². The Hall–Kier alpha value is -2.39. The number of carbonyl (C=O) groups is 2. The van der Waals surface area contributed by atoms with E-state index in [4.69, 9.17) is 0 Å². The lowest BCUT2D eigenvalue weighted by Gasteiger charge is -2.22. The monoisotopic (exact) mass is 433 g/mol. The van der Waals surface area contributed by atoms with Crippen LogP contribution in [0.5, 0.6) is 0 Å². The van der Waals surface area contributed by atoms with Crippen molar-refractivity contribution in [2.75, 3.05) is 24.6 Å². The molecule has 0 unspecified atom stereocenters. The Morgan fingerprint density at radius 1 is 1.21 bits per heavy atom. The number of benzene rings is 1. The summed E-state index contributed by atoms with van der Waals surface area (Å²) in [6, 6.07) is 12.6. The van der Waals surface area contributed by atoms with Gasteiger partial charge >= 0.3 is 0 Å². The lowest BCUT2D eigenvalue weighted by atomic mass is 10.2. The van der Waals surface area contributed by atoms with Crippen molar-refractivity contribution in [3.05, 3.63) is 54.2 Å². The first-order valence-corrected chi connectivity index (χ1v) is 12.0. The largest absolute Gasteiger partial charge is 0.351 e. The number of likely N-dealkylation sites (N-methyl/N-ethyl adjacent to an activating group) is 1. The van der Waals surface area contributed by atoms with Gasteiger partial charge in [-0.3, -0.25) is 9.59 Å². The average Bonchev–Trinajstić information content (AvgIpc) is 3.05. The van der Waals surface area contributed by atoms with Crippen LogP contribution in [-0.4, -0.2) is 60.8 Å². The average molecular weight is 434 g/mol. The van der Waals surface area contributed by atoms with E-state index in [-0.39, 0.29) is 35.9 Å². The van der Waals surface area contributed by atoms with Gasteiger partial charge in [0.15, 0.2) is 9.84 Å². The Kier molecular flexibility index (Phi) is 6.92. The summed E-state index contributed by atoms with van der Waals surface area (Å²) in [5, 5.41) is 3.30. The Labute approximate surface area is 174 Å². The van der Waals surface area contributed by atoms with Gasteiger partial charge in [0.05, 0.1) is 23.6 Å². The summed E-state index contributed by atoms with van der Waals surface area (Å²) in [4.78, 5) is 32.2. The fourth-order valence-electron chi connectivity index (χ4n) is 3.09. The van der Waals surface area contributed by atoms with E-state index in [0.717, 1.165) is 4.90 Å². The molecule has 2 amide bonds. The molecule has 1 saturated heterocycles. The van der Waals surface area contributed by atoms with E-state index in [1.807, 2.05) is 30.3 Å². The summed E-state index contributed by atoms with van der Waals surface area (Å²) in [6.07, 6.45) is 2.04. The van der Waals surface area contributed by atoms with Crippen molar-refractivity contribution in [1.82, 2.24) is 15.2 Å². The minimum Gasteiger partial charge on any atom is -0.351 e. The molecule has 1 fully saturated rings. The van der Waals surface area contributed by atoms with E-state index in [1.165, 1.54) is 16.7 Å². The van der Waals surface area contributed by atoms with Gasteiger partial charge in [-0.2, -0.15) is 0 Å². The van der Waals surface area contributed by atoms with Gasteiger partial charge in [0.2, 0.25) is 5.91 Å². The Bertz CT molecular complexity index is 980. The molecule has 2 heterocycles. The fraction of sp³-hybridized carbons (Fsp3) is 0.350. The minimum atomic E-state index is -3.08. The molecule has 9 heteroatoms. The minimum absolute atomic E-state index is 0.0424. The number of sulfone groups is 1. The zero-order valence-corrected chi connectivity index (χ0v) is 17.7. The number of carbonyl (C=O) groups excluding carboxylic acids is 2. The van der Waals surface area contributed by atoms with Gasteiger partial charge in [0, 0.05) is 23.7 Å². The highest BCUT2D eigenvalue weighted by Crippen LogP contribution is 2.29. The highest BCUT2D eigenvalue weighted by atomic mass is 32.2. The molecule has 0 spiro atoms. The van der Waals surface area contributed by atoms with Gasteiger partial charge in [-0.15, -0.1) is 0 Å². The van der Waals surface area contributed by atoms with Crippen LogP contribution in [0.25, 0.3) is 0 Å². The molecule has 154 valence electrons. The molecule has 2 aromatic rings. The molecule has 1 atom stereocenters. The maximum Gasteiger partial charge on any atom is 0.257 e. The van der Waals surface area contributed by atoms with E-state index in [9.17, 15) is 18.0 Å². The first-order chi connectivity index (χ1) is 13.9. The van der Waals surface area contributed by atoms with Crippen LogP contribution in [0.4, 0.5) is 0 Å². The maximum atomic E-state index is 13.1. The quantitative estimate of drug-likeness (QED) is 0.717. The molecule has 0 radical (unpaired) electrons.